The summed E-state index contributed by atoms with van der Waals surface area (Å²) in [6, 6.07) is 0. The molecule has 7 heteroatoms. The maximum atomic E-state index is 11.2. The van der Waals surface area contributed by atoms with Crippen molar-refractivity contribution >= 4 is 5.91 Å². The molecule has 0 aromatic rings. The minimum atomic E-state index is -0.822. The number of carbonyl (C=O) groups excluding carboxylic acids is 1. The lowest BCUT2D eigenvalue weighted by Gasteiger charge is -2.10. The molecule has 0 fully saturated rings. The van der Waals surface area contributed by atoms with E-state index in [-0.39, 0.29) is 12.5 Å². The van der Waals surface area contributed by atoms with Crippen LogP contribution in [0.4, 0.5) is 0 Å². The molecule has 0 atom stereocenters. The third-order valence-corrected chi connectivity index (χ3v) is 1.88. The van der Waals surface area contributed by atoms with Crippen molar-refractivity contribution in [2.75, 3.05) is 33.8 Å². The highest BCUT2D eigenvalue weighted by atomic mass is 16.9. The summed E-state index contributed by atoms with van der Waals surface area (Å²) >= 11 is 0. The van der Waals surface area contributed by atoms with Crippen LogP contribution in [0.3, 0.4) is 0 Å². The Hall–Kier alpha value is -1.37. The predicted octanol–water partition coefficient (Wildman–Crippen LogP) is 0.0428. The maximum Gasteiger partial charge on any atom is 0.294 e. The van der Waals surface area contributed by atoms with Crippen molar-refractivity contribution in [2.24, 2.45) is 0 Å². The Bertz CT molecular complexity index is 221. The van der Waals surface area contributed by atoms with Crippen LogP contribution in [0.1, 0.15) is 19.3 Å². The van der Waals surface area contributed by atoms with Crippen LogP contribution in [0.2, 0.25) is 0 Å². The smallest absolute Gasteiger partial charge is 0.294 e. The van der Waals surface area contributed by atoms with E-state index in [0.29, 0.717) is 25.8 Å². The van der Waals surface area contributed by atoms with E-state index in [0.717, 1.165) is 6.54 Å². The first-order chi connectivity index (χ1) is 7.52. The number of amides is 1. The number of nitrogens with one attached hydrogen (secondary N) is 1. The van der Waals surface area contributed by atoms with Gasteiger partial charge < -0.3 is 15.1 Å². The van der Waals surface area contributed by atoms with E-state index in [1.54, 1.807) is 0 Å². The molecule has 0 saturated heterocycles. The molecule has 0 aromatic carbocycles. The Balaban J connectivity index is 3.27. The molecule has 0 rings (SSSR count). The summed E-state index contributed by atoms with van der Waals surface area (Å²) in [7, 11) is 3.86. The van der Waals surface area contributed by atoms with E-state index < -0.39 is 5.09 Å². The van der Waals surface area contributed by atoms with Crippen LogP contribution in [-0.4, -0.2) is 49.7 Å². The summed E-state index contributed by atoms with van der Waals surface area (Å²) in [6.45, 7) is 1.48. The molecule has 0 radical (unpaired) electrons. The van der Waals surface area contributed by atoms with E-state index in [4.69, 9.17) is 0 Å². The zero-order valence-corrected chi connectivity index (χ0v) is 9.77. The first-order valence-electron chi connectivity index (χ1n) is 5.21. The van der Waals surface area contributed by atoms with Gasteiger partial charge in [0.1, 0.15) is 0 Å². The second kappa shape index (κ2) is 8.90. The van der Waals surface area contributed by atoms with Gasteiger partial charge >= 0.3 is 0 Å². The van der Waals surface area contributed by atoms with Gasteiger partial charge in [0.05, 0.1) is 6.61 Å². The molecule has 0 unspecified atom stereocenters. The molecule has 0 spiro atoms. The molecule has 0 aromatic heterocycles. The van der Waals surface area contributed by atoms with Crippen molar-refractivity contribution in [3.63, 3.8) is 0 Å². The highest BCUT2D eigenvalue weighted by Crippen LogP contribution is 1.95. The molecule has 0 heterocycles. The Morgan fingerprint density at radius 1 is 1.44 bits per heavy atom. The highest BCUT2D eigenvalue weighted by Gasteiger charge is 2.01. The van der Waals surface area contributed by atoms with Crippen LogP contribution in [-0.2, 0) is 9.63 Å². The van der Waals surface area contributed by atoms with Gasteiger partial charge in [-0.15, -0.1) is 10.1 Å². The number of hydrogen-bond acceptors (Lipinski definition) is 5. The molecule has 0 bridgehead atoms. The number of carbonyl (C=O) groups is 1. The number of likely N-dealkylation sites (N-methyl/N-ethyl adjacent to an activating group) is 1. The largest absolute Gasteiger partial charge is 0.355 e. The van der Waals surface area contributed by atoms with Crippen molar-refractivity contribution in [1.82, 2.24) is 10.2 Å². The van der Waals surface area contributed by atoms with Gasteiger partial charge in [-0.05, 0) is 26.9 Å². The molecular weight excluding hydrogens is 214 g/mol. The number of unbranched alkanes of at least 4 members (excludes halogenated alkanes) is 1. The molecule has 0 saturated carbocycles. The van der Waals surface area contributed by atoms with Crippen LogP contribution in [0, 0.1) is 10.1 Å². The maximum absolute atomic E-state index is 11.2. The Morgan fingerprint density at radius 3 is 2.69 bits per heavy atom. The summed E-state index contributed by atoms with van der Waals surface area (Å²) in [5.74, 6) is -0.0250. The summed E-state index contributed by atoms with van der Waals surface area (Å²) in [5, 5.41) is 11.7. The van der Waals surface area contributed by atoms with Crippen molar-refractivity contribution in [3.05, 3.63) is 10.1 Å². The second-order valence-electron chi connectivity index (χ2n) is 3.67. The van der Waals surface area contributed by atoms with Crippen LogP contribution >= 0.6 is 0 Å². The molecule has 16 heavy (non-hydrogen) atoms. The molecule has 7 nitrogen and oxygen atoms in total. The Labute approximate surface area is 94.9 Å². The van der Waals surface area contributed by atoms with Crippen LogP contribution in [0.5, 0.6) is 0 Å². The van der Waals surface area contributed by atoms with Gasteiger partial charge in [-0.3, -0.25) is 4.79 Å². The Kier molecular flexibility index (Phi) is 8.14. The minimum absolute atomic E-state index is 0.0250. The molecule has 0 aliphatic carbocycles. The lowest BCUT2D eigenvalue weighted by molar-refractivity contribution is -0.757. The van der Waals surface area contributed by atoms with Crippen molar-refractivity contribution in [2.45, 2.75) is 19.3 Å². The van der Waals surface area contributed by atoms with E-state index in [1.807, 2.05) is 19.0 Å². The standard InChI is InChI=1S/C9H19N3O4/c1-11(2)7-6-10-9(13)5-3-4-8-16-12(14)15/h3-8H2,1-2H3,(H,10,13). The summed E-state index contributed by atoms with van der Waals surface area (Å²) in [5.41, 5.74) is 0. The molecular formula is C9H19N3O4. The van der Waals surface area contributed by atoms with Crippen molar-refractivity contribution in [3.8, 4) is 0 Å². The lowest BCUT2D eigenvalue weighted by Crippen LogP contribution is -2.31. The summed E-state index contributed by atoms with van der Waals surface area (Å²) in [6.07, 6.45) is 1.50. The monoisotopic (exact) mass is 233 g/mol. The van der Waals surface area contributed by atoms with Crippen LogP contribution < -0.4 is 5.32 Å². The highest BCUT2D eigenvalue weighted by molar-refractivity contribution is 5.75. The molecule has 94 valence electrons. The first kappa shape index (κ1) is 14.6. The van der Waals surface area contributed by atoms with Crippen LogP contribution in [0.25, 0.3) is 0 Å². The zero-order valence-electron chi connectivity index (χ0n) is 9.77. The lowest BCUT2D eigenvalue weighted by atomic mass is 10.2. The number of nitrogens with zero attached hydrogens (tertiary/aromatic N) is 2. The van der Waals surface area contributed by atoms with Crippen molar-refractivity contribution in [1.29, 1.82) is 0 Å². The zero-order chi connectivity index (χ0) is 12.4. The molecule has 0 aliphatic rings. The van der Waals surface area contributed by atoms with Crippen LogP contribution in [0.15, 0.2) is 0 Å². The normalized spacial score (nSPS) is 10.2. The fraction of sp³-hybridized carbons (Fsp3) is 0.889. The molecule has 1 amide bonds. The Morgan fingerprint density at radius 2 is 2.12 bits per heavy atom. The topological polar surface area (TPSA) is 84.7 Å². The van der Waals surface area contributed by atoms with Gasteiger partial charge in [-0.2, -0.15) is 0 Å². The summed E-state index contributed by atoms with van der Waals surface area (Å²) in [4.78, 5) is 27.1. The van der Waals surface area contributed by atoms with Gasteiger partial charge in [0, 0.05) is 19.5 Å². The van der Waals surface area contributed by atoms with Gasteiger partial charge in [-0.1, -0.05) is 0 Å². The third-order valence-electron chi connectivity index (χ3n) is 1.88. The van der Waals surface area contributed by atoms with E-state index in [9.17, 15) is 14.9 Å². The average Bonchev–Trinajstić information content (AvgIpc) is 2.16. The SMILES string of the molecule is CN(C)CCNC(=O)CCCCO[N+](=O)[O-]. The predicted molar refractivity (Wildman–Crippen MR) is 58.4 cm³/mol. The average molecular weight is 233 g/mol. The fourth-order valence-corrected chi connectivity index (χ4v) is 1.03. The molecule has 1 N–H and O–H groups in total. The number of rotatable bonds is 9. The summed E-state index contributed by atoms with van der Waals surface area (Å²) < 4.78 is 0. The third kappa shape index (κ3) is 10.7. The van der Waals surface area contributed by atoms with Gasteiger partial charge in [0.2, 0.25) is 5.91 Å². The van der Waals surface area contributed by atoms with Crippen molar-refractivity contribution < 1.29 is 14.7 Å². The van der Waals surface area contributed by atoms with Gasteiger partial charge in [0.15, 0.2) is 0 Å². The van der Waals surface area contributed by atoms with E-state index in [2.05, 4.69) is 10.2 Å². The van der Waals surface area contributed by atoms with E-state index >= 15 is 0 Å². The quantitative estimate of drug-likeness (QED) is 0.345. The minimum Gasteiger partial charge on any atom is -0.355 e. The molecule has 0 aliphatic heterocycles. The second-order valence-corrected chi connectivity index (χ2v) is 3.67. The fourth-order valence-electron chi connectivity index (χ4n) is 1.03. The van der Waals surface area contributed by atoms with Gasteiger partial charge in [-0.25, -0.2) is 0 Å². The first-order valence-corrected chi connectivity index (χ1v) is 5.21. The van der Waals surface area contributed by atoms with E-state index in [1.165, 1.54) is 0 Å². The number of hydrogen-bond donors (Lipinski definition) is 1. The van der Waals surface area contributed by atoms with Gasteiger partial charge in [0.25, 0.3) is 5.09 Å².